The van der Waals surface area contributed by atoms with Crippen molar-refractivity contribution in [2.45, 2.75) is 25.3 Å². The molecule has 4 rings (SSSR count). The predicted molar refractivity (Wildman–Crippen MR) is 104 cm³/mol. The number of aryl methyl sites for hydroxylation is 1. The number of hydrogen-bond acceptors (Lipinski definition) is 5. The van der Waals surface area contributed by atoms with E-state index in [1.54, 1.807) is 22.9 Å². The van der Waals surface area contributed by atoms with E-state index in [0.29, 0.717) is 19.0 Å². The van der Waals surface area contributed by atoms with Crippen LogP contribution in [0.15, 0.2) is 41.3 Å². The second-order valence-corrected chi connectivity index (χ2v) is 7.34. The van der Waals surface area contributed by atoms with Crippen molar-refractivity contribution in [1.82, 2.24) is 20.2 Å². The van der Waals surface area contributed by atoms with Crippen LogP contribution in [0, 0.1) is 12.8 Å². The van der Waals surface area contributed by atoms with Gasteiger partial charge >= 0.3 is 0 Å². The molecule has 4 heterocycles. The van der Waals surface area contributed by atoms with Crippen molar-refractivity contribution in [2.24, 2.45) is 5.92 Å². The molecular formula is C20H25N5O2. The van der Waals surface area contributed by atoms with Gasteiger partial charge < -0.3 is 16.0 Å². The highest BCUT2D eigenvalue weighted by Crippen LogP contribution is 2.38. The van der Waals surface area contributed by atoms with Crippen LogP contribution in [0.1, 0.15) is 29.6 Å². The third-order valence-electron chi connectivity index (χ3n) is 5.54. The maximum absolute atomic E-state index is 12.9. The van der Waals surface area contributed by atoms with E-state index in [4.69, 9.17) is 0 Å². The van der Waals surface area contributed by atoms with E-state index < -0.39 is 6.04 Å². The van der Waals surface area contributed by atoms with E-state index >= 15 is 0 Å². The second-order valence-electron chi connectivity index (χ2n) is 7.34. The first-order valence-corrected chi connectivity index (χ1v) is 9.50. The highest BCUT2D eigenvalue weighted by Gasteiger charge is 2.41. The summed E-state index contributed by atoms with van der Waals surface area (Å²) in [4.78, 5) is 29.7. The Morgan fingerprint density at radius 3 is 3.00 bits per heavy atom. The van der Waals surface area contributed by atoms with Gasteiger partial charge in [-0.25, -0.2) is 4.98 Å². The average molecular weight is 367 g/mol. The van der Waals surface area contributed by atoms with Crippen molar-refractivity contribution >= 4 is 11.7 Å². The monoisotopic (exact) mass is 367 g/mol. The molecular weight excluding hydrogens is 342 g/mol. The molecule has 1 amide bonds. The van der Waals surface area contributed by atoms with Gasteiger partial charge in [-0.2, -0.15) is 0 Å². The summed E-state index contributed by atoms with van der Waals surface area (Å²) in [5.74, 6) is 1.18. The minimum atomic E-state index is -0.450. The third kappa shape index (κ3) is 3.47. The molecule has 3 atom stereocenters. The number of fused-ring (bicyclic) bond motifs is 4. The number of aromatic nitrogens is 2. The Kier molecular flexibility index (Phi) is 4.94. The molecule has 2 aromatic heterocycles. The second kappa shape index (κ2) is 7.52. The molecule has 0 spiro atoms. The molecule has 27 heavy (non-hydrogen) atoms. The first-order chi connectivity index (χ1) is 13.1. The van der Waals surface area contributed by atoms with E-state index in [1.165, 1.54) is 0 Å². The molecule has 0 aliphatic carbocycles. The number of rotatable bonds is 5. The van der Waals surface area contributed by atoms with Crippen molar-refractivity contribution in [3.63, 3.8) is 0 Å². The lowest BCUT2D eigenvalue weighted by Crippen LogP contribution is -2.52. The van der Waals surface area contributed by atoms with Crippen LogP contribution in [0.3, 0.4) is 0 Å². The number of pyridine rings is 2. The first-order valence-electron chi connectivity index (χ1n) is 9.50. The lowest BCUT2D eigenvalue weighted by molar-refractivity contribution is -0.126. The van der Waals surface area contributed by atoms with Crippen LogP contribution < -0.4 is 21.5 Å². The molecule has 2 bridgehead atoms. The van der Waals surface area contributed by atoms with Gasteiger partial charge in [0.25, 0.3) is 5.56 Å². The minimum absolute atomic E-state index is 0.0868. The molecule has 0 radical (unpaired) electrons. The van der Waals surface area contributed by atoms with E-state index in [2.05, 4.69) is 20.9 Å². The molecule has 142 valence electrons. The van der Waals surface area contributed by atoms with Crippen molar-refractivity contribution in [3.05, 3.63) is 58.1 Å². The van der Waals surface area contributed by atoms with Crippen LogP contribution in [0.5, 0.6) is 0 Å². The maximum Gasteiger partial charge on any atom is 0.251 e. The summed E-state index contributed by atoms with van der Waals surface area (Å²) in [5.41, 5.74) is 1.94. The minimum Gasteiger partial charge on any atom is -0.368 e. The quantitative estimate of drug-likeness (QED) is 0.687. The number of amides is 1. The number of nitrogens with one attached hydrogen (secondary N) is 3. The molecule has 1 saturated heterocycles. The molecule has 3 N–H and O–H groups in total. The summed E-state index contributed by atoms with van der Waals surface area (Å²) in [6.07, 6.45) is 2.69. The van der Waals surface area contributed by atoms with Crippen LogP contribution >= 0.6 is 0 Å². The van der Waals surface area contributed by atoms with Crippen LogP contribution in [-0.2, 0) is 4.79 Å². The number of hydrogen-bond donors (Lipinski definition) is 3. The summed E-state index contributed by atoms with van der Waals surface area (Å²) < 4.78 is 1.71. The molecule has 1 fully saturated rings. The van der Waals surface area contributed by atoms with E-state index in [9.17, 15) is 9.59 Å². The maximum atomic E-state index is 12.9. The van der Waals surface area contributed by atoms with Gasteiger partial charge in [-0.1, -0.05) is 12.1 Å². The zero-order chi connectivity index (χ0) is 18.8. The van der Waals surface area contributed by atoms with Crippen LogP contribution in [0.25, 0.3) is 0 Å². The van der Waals surface area contributed by atoms with E-state index in [1.807, 2.05) is 25.1 Å². The topological polar surface area (TPSA) is 88.1 Å². The smallest absolute Gasteiger partial charge is 0.251 e. The van der Waals surface area contributed by atoms with E-state index in [0.717, 1.165) is 36.6 Å². The lowest BCUT2D eigenvalue weighted by atomic mass is 9.79. The van der Waals surface area contributed by atoms with Crippen molar-refractivity contribution in [3.8, 4) is 0 Å². The fourth-order valence-electron chi connectivity index (χ4n) is 4.27. The largest absolute Gasteiger partial charge is 0.368 e. The summed E-state index contributed by atoms with van der Waals surface area (Å²) in [6, 6.07) is 8.74. The van der Waals surface area contributed by atoms with Gasteiger partial charge in [0, 0.05) is 56.0 Å². The molecule has 2 aliphatic rings. The molecule has 7 nitrogen and oxygen atoms in total. The fraction of sp³-hybridized carbons (Fsp3) is 0.450. The number of nitrogens with zero attached hydrogens (tertiary/aromatic N) is 2. The zero-order valence-electron chi connectivity index (χ0n) is 15.4. The van der Waals surface area contributed by atoms with Crippen LogP contribution in [0.2, 0.25) is 0 Å². The summed E-state index contributed by atoms with van der Waals surface area (Å²) in [5, 5.41) is 9.65. The summed E-state index contributed by atoms with van der Waals surface area (Å²) in [7, 11) is 0. The zero-order valence-corrected chi connectivity index (χ0v) is 15.4. The van der Waals surface area contributed by atoms with Crippen LogP contribution in [0.4, 0.5) is 5.82 Å². The van der Waals surface area contributed by atoms with Crippen molar-refractivity contribution < 1.29 is 4.79 Å². The Labute approximate surface area is 158 Å². The molecule has 0 unspecified atom stereocenters. The summed E-state index contributed by atoms with van der Waals surface area (Å²) >= 11 is 0. The molecule has 2 aromatic rings. The molecule has 0 saturated carbocycles. The number of carbonyl (C=O) groups is 1. The van der Waals surface area contributed by atoms with Gasteiger partial charge in [0.15, 0.2) is 0 Å². The van der Waals surface area contributed by atoms with Crippen LogP contribution in [-0.4, -0.2) is 41.6 Å². The Bertz CT molecular complexity index is 894. The van der Waals surface area contributed by atoms with Gasteiger partial charge in [0.05, 0.1) is 0 Å². The van der Waals surface area contributed by atoms with Crippen molar-refractivity contribution in [1.29, 1.82) is 0 Å². The lowest BCUT2D eigenvalue weighted by Gasteiger charge is -2.42. The van der Waals surface area contributed by atoms with Gasteiger partial charge in [0.2, 0.25) is 5.91 Å². The highest BCUT2D eigenvalue weighted by molar-refractivity contribution is 5.81. The van der Waals surface area contributed by atoms with Gasteiger partial charge in [-0.3, -0.25) is 14.2 Å². The SMILES string of the molecule is Cc1cccnc1NCCNC(=O)[C@H]1[C@@H]2CNC[C@@H](C2)c2cccc(=O)n21. The number of carbonyl (C=O) groups excluding carboxylic acids is 1. The first kappa shape index (κ1) is 17.7. The van der Waals surface area contributed by atoms with E-state index in [-0.39, 0.29) is 17.4 Å². The normalized spacial score (nSPS) is 23.4. The summed E-state index contributed by atoms with van der Waals surface area (Å²) in [6.45, 7) is 4.68. The third-order valence-corrected chi connectivity index (χ3v) is 5.54. The Morgan fingerprint density at radius 1 is 1.26 bits per heavy atom. The average Bonchev–Trinajstić information content (AvgIpc) is 2.68. The Morgan fingerprint density at radius 2 is 2.15 bits per heavy atom. The van der Waals surface area contributed by atoms with Gasteiger partial charge in [0.1, 0.15) is 11.9 Å². The van der Waals surface area contributed by atoms with Gasteiger partial charge in [-0.15, -0.1) is 0 Å². The van der Waals surface area contributed by atoms with Gasteiger partial charge in [-0.05, 0) is 31.0 Å². The Hall–Kier alpha value is -2.67. The molecule has 2 aliphatic heterocycles. The fourth-order valence-corrected chi connectivity index (χ4v) is 4.27. The Balaban J connectivity index is 1.45. The highest BCUT2D eigenvalue weighted by atomic mass is 16.2. The predicted octanol–water partition coefficient (Wildman–Crippen LogP) is 1.03. The molecule has 0 aromatic carbocycles. The number of piperidine rings is 1. The number of anilines is 1. The van der Waals surface area contributed by atoms with Crippen molar-refractivity contribution in [2.75, 3.05) is 31.5 Å². The standard InChI is InChI=1S/C20H25N5O2/c1-13-4-3-7-22-19(13)23-8-9-24-20(27)18-15-10-14(11-21-12-15)16-5-2-6-17(26)25(16)18/h2-7,14-15,18,21H,8-12H2,1H3,(H,22,23)(H,24,27)/t14-,15+,18-/m1/s1. The molecule has 7 heteroatoms.